The number of hydrogen-bond acceptors (Lipinski definition) is 6. The molecule has 0 aliphatic heterocycles. The summed E-state index contributed by atoms with van der Waals surface area (Å²) in [5.74, 6) is 0.694. The first-order valence-electron chi connectivity index (χ1n) is 11.4. The highest BCUT2D eigenvalue weighted by Crippen LogP contribution is 2.25. The van der Waals surface area contributed by atoms with Crippen molar-refractivity contribution in [3.8, 4) is 11.5 Å². The Morgan fingerprint density at radius 3 is 1.89 bits per heavy atom. The molecule has 0 heterocycles. The van der Waals surface area contributed by atoms with Crippen molar-refractivity contribution in [2.24, 2.45) is 0 Å². The maximum atomic E-state index is 10.8. The molecular formula is C30H28O6. The average Bonchev–Trinajstić information content (AvgIpc) is 2.93. The molecule has 0 spiro atoms. The normalized spacial score (nSPS) is 10.0. The molecule has 6 nitrogen and oxygen atoms in total. The van der Waals surface area contributed by atoms with E-state index < -0.39 is 11.9 Å². The smallest absolute Gasteiger partial charge is 0.330 e. The molecule has 0 radical (unpaired) electrons. The van der Waals surface area contributed by atoms with E-state index in [1.807, 2.05) is 84.9 Å². The van der Waals surface area contributed by atoms with Gasteiger partial charge >= 0.3 is 11.9 Å². The highest BCUT2D eigenvalue weighted by atomic mass is 16.6. The number of carbonyl (C=O) groups excluding carboxylic acids is 2. The Hall–Kier alpha value is -4.58. The molecule has 0 aliphatic carbocycles. The summed E-state index contributed by atoms with van der Waals surface area (Å²) in [6.07, 6.45) is 2.27. The van der Waals surface area contributed by atoms with Crippen molar-refractivity contribution >= 4 is 33.5 Å². The minimum atomic E-state index is -0.434. The van der Waals surface area contributed by atoms with E-state index in [2.05, 4.69) is 13.2 Å². The van der Waals surface area contributed by atoms with Crippen LogP contribution in [-0.4, -0.2) is 38.4 Å². The van der Waals surface area contributed by atoms with Gasteiger partial charge in [-0.25, -0.2) is 9.59 Å². The molecule has 4 aromatic carbocycles. The van der Waals surface area contributed by atoms with Crippen molar-refractivity contribution in [3.63, 3.8) is 0 Å². The molecule has 36 heavy (non-hydrogen) atoms. The molecule has 0 amide bonds. The summed E-state index contributed by atoms with van der Waals surface area (Å²) in [6, 6.07) is 27.8. The molecule has 4 aromatic rings. The summed E-state index contributed by atoms with van der Waals surface area (Å²) in [5.41, 5.74) is 0. The minimum Gasteiger partial charge on any atom is -0.490 e. The van der Waals surface area contributed by atoms with Gasteiger partial charge in [-0.2, -0.15) is 0 Å². The van der Waals surface area contributed by atoms with E-state index in [4.69, 9.17) is 18.9 Å². The van der Waals surface area contributed by atoms with Gasteiger partial charge in [0.2, 0.25) is 0 Å². The van der Waals surface area contributed by atoms with Crippen LogP contribution in [0.5, 0.6) is 11.5 Å². The molecule has 0 bridgehead atoms. The first kappa shape index (κ1) is 26.0. The van der Waals surface area contributed by atoms with Crippen LogP contribution in [0.1, 0.15) is 0 Å². The van der Waals surface area contributed by atoms with Crippen molar-refractivity contribution in [2.75, 3.05) is 26.4 Å². The van der Waals surface area contributed by atoms with Gasteiger partial charge in [-0.1, -0.05) is 79.9 Å². The zero-order valence-corrected chi connectivity index (χ0v) is 19.9. The molecule has 0 saturated carbocycles. The van der Waals surface area contributed by atoms with Gasteiger partial charge in [-0.3, -0.25) is 0 Å². The largest absolute Gasteiger partial charge is 0.490 e. The van der Waals surface area contributed by atoms with Gasteiger partial charge in [0.15, 0.2) is 0 Å². The first-order chi connectivity index (χ1) is 17.6. The Bertz CT molecular complexity index is 1320. The van der Waals surface area contributed by atoms with Gasteiger partial charge in [0.05, 0.1) is 0 Å². The van der Waals surface area contributed by atoms with Crippen LogP contribution < -0.4 is 9.47 Å². The standard InChI is InChI=1S/2C15H14O3/c1-2-15(16)18-11-10-17-14-9-5-7-12-6-3-4-8-13(12)14;1-2-15(16)18-10-9-17-14-8-7-12-5-3-4-6-13(12)11-14/h2-9H,1,10-11H2;2-8,11H,1,9-10H2. The number of esters is 2. The highest BCUT2D eigenvalue weighted by Gasteiger charge is 2.02. The van der Waals surface area contributed by atoms with Crippen LogP contribution in [-0.2, 0) is 19.1 Å². The summed E-state index contributed by atoms with van der Waals surface area (Å²) in [4.78, 5) is 21.6. The summed E-state index contributed by atoms with van der Waals surface area (Å²) in [5, 5.41) is 4.47. The maximum absolute atomic E-state index is 10.8. The Morgan fingerprint density at radius 1 is 0.611 bits per heavy atom. The van der Waals surface area contributed by atoms with Crippen LogP contribution in [0.25, 0.3) is 21.5 Å². The summed E-state index contributed by atoms with van der Waals surface area (Å²) in [7, 11) is 0. The monoisotopic (exact) mass is 484 g/mol. The van der Waals surface area contributed by atoms with E-state index in [-0.39, 0.29) is 13.2 Å². The van der Waals surface area contributed by atoms with Gasteiger partial charge in [-0.05, 0) is 34.4 Å². The molecule has 0 N–H and O–H groups in total. The van der Waals surface area contributed by atoms with E-state index in [0.29, 0.717) is 13.2 Å². The number of rotatable bonds is 10. The van der Waals surface area contributed by atoms with Crippen LogP contribution in [0.15, 0.2) is 110 Å². The van der Waals surface area contributed by atoms with Crippen molar-refractivity contribution in [3.05, 3.63) is 110 Å². The van der Waals surface area contributed by atoms with Crippen molar-refractivity contribution in [1.82, 2.24) is 0 Å². The lowest BCUT2D eigenvalue weighted by Gasteiger charge is -2.09. The Labute approximate surface area is 210 Å². The lowest BCUT2D eigenvalue weighted by molar-refractivity contribution is -0.139. The number of hydrogen-bond donors (Lipinski definition) is 0. The second kappa shape index (κ2) is 14.0. The molecule has 4 rings (SSSR count). The zero-order chi connectivity index (χ0) is 25.6. The van der Waals surface area contributed by atoms with Gasteiger partial charge in [-0.15, -0.1) is 0 Å². The number of ether oxygens (including phenoxy) is 4. The maximum Gasteiger partial charge on any atom is 0.330 e. The fourth-order valence-electron chi connectivity index (χ4n) is 3.29. The summed E-state index contributed by atoms with van der Waals surface area (Å²) < 4.78 is 20.8. The fourth-order valence-corrected chi connectivity index (χ4v) is 3.29. The average molecular weight is 485 g/mol. The van der Waals surface area contributed by atoms with E-state index in [1.54, 1.807) is 0 Å². The molecule has 6 heteroatoms. The third-order valence-corrected chi connectivity index (χ3v) is 4.99. The lowest BCUT2D eigenvalue weighted by Crippen LogP contribution is -2.10. The minimum absolute atomic E-state index is 0.216. The SMILES string of the molecule is C=CC(=O)OCCOc1ccc2ccccc2c1.C=CC(=O)OCCOc1cccc2ccccc12. The fraction of sp³-hybridized carbons (Fsp3) is 0.133. The van der Waals surface area contributed by atoms with E-state index in [0.717, 1.165) is 39.8 Å². The topological polar surface area (TPSA) is 71.1 Å². The third kappa shape index (κ3) is 8.02. The molecule has 0 atom stereocenters. The van der Waals surface area contributed by atoms with Crippen LogP contribution in [0.3, 0.4) is 0 Å². The first-order valence-corrected chi connectivity index (χ1v) is 11.4. The van der Waals surface area contributed by atoms with Crippen LogP contribution in [0.2, 0.25) is 0 Å². The number of benzene rings is 4. The van der Waals surface area contributed by atoms with Crippen molar-refractivity contribution in [2.45, 2.75) is 0 Å². The van der Waals surface area contributed by atoms with Gasteiger partial charge in [0, 0.05) is 17.5 Å². The van der Waals surface area contributed by atoms with Crippen LogP contribution in [0.4, 0.5) is 0 Å². The number of carbonyl (C=O) groups is 2. The molecule has 0 aromatic heterocycles. The van der Waals surface area contributed by atoms with Crippen molar-refractivity contribution in [1.29, 1.82) is 0 Å². The van der Waals surface area contributed by atoms with Crippen molar-refractivity contribution < 1.29 is 28.5 Å². The molecule has 0 saturated heterocycles. The lowest BCUT2D eigenvalue weighted by atomic mass is 10.1. The molecule has 184 valence electrons. The second-order valence-corrected chi connectivity index (χ2v) is 7.43. The Morgan fingerprint density at radius 2 is 1.19 bits per heavy atom. The summed E-state index contributed by atoms with van der Waals surface area (Å²) >= 11 is 0. The van der Waals surface area contributed by atoms with E-state index in [9.17, 15) is 9.59 Å². The number of fused-ring (bicyclic) bond motifs is 2. The zero-order valence-electron chi connectivity index (χ0n) is 19.9. The van der Waals surface area contributed by atoms with Gasteiger partial charge in [0.1, 0.15) is 37.9 Å². The molecule has 0 aliphatic rings. The summed E-state index contributed by atoms with van der Waals surface area (Å²) in [6.45, 7) is 7.73. The predicted octanol–water partition coefficient (Wildman–Crippen LogP) is 5.90. The predicted molar refractivity (Wildman–Crippen MR) is 141 cm³/mol. The molecule has 0 unspecified atom stereocenters. The highest BCUT2D eigenvalue weighted by molar-refractivity contribution is 5.88. The third-order valence-electron chi connectivity index (χ3n) is 4.99. The van der Waals surface area contributed by atoms with E-state index >= 15 is 0 Å². The Balaban J connectivity index is 0.000000201. The molecule has 0 fully saturated rings. The van der Waals surface area contributed by atoms with Crippen LogP contribution in [0, 0.1) is 0 Å². The second-order valence-electron chi connectivity index (χ2n) is 7.43. The van der Waals surface area contributed by atoms with Gasteiger partial charge < -0.3 is 18.9 Å². The molecular weight excluding hydrogens is 456 g/mol. The Kier molecular flexibility index (Phi) is 10.1. The van der Waals surface area contributed by atoms with Crippen LogP contribution >= 0.6 is 0 Å². The quantitative estimate of drug-likeness (QED) is 0.159. The van der Waals surface area contributed by atoms with Gasteiger partial charge in [0.25, 0.3) is 0 Å². The van der Waals surface area contributed by atoms with E-state index in [1.165, 1.54) is 5.39 Å².